The van der Waals surface area contributed by atoms with Gasteiger partial charge in [-0.2, -0.15) is 5.26 Å². The first-order chi connectivity index (χ1) is 8.19. The van der Waals surface area contributed by atoms with Gasteiger partial charge in [-0.3, -0.25) is 4.79 Å². The van der Waals surface area contributed by atoms with E-state index in [1.165, 1.54) is 11.1 Å². The van der Waals surface area contributed by atoms with E-state index in [0.717, 1.165) is 0 Å². The summed E-state index contributed by atoms with van der Waals surface area (Å²) >= 11 is 5.41. The van der Waals surface area contributed by atoms with Crippen molar-refractivity contribution in [3.8, 4) is 6.07 Å². The number of alkyl halides is 1. The van der Waals surface area contributed by atoms with Crippen LogP contribution in [0, 0.1) is 11.3 Å². The third-order valence-corrected chi connectivity index (χ3v) is 2.02. The first-order valence-corrected chi connectivity index (χ1v) is 5.64. The van der Waals surface area contributed by atoms with E-state index in [-0.39, 0.29) is 44.3 Å². The SMILES string of the molecule is N#C/C(=C/N(CCO)CCO)C(=O)NCCCl. The minimum Gasteiger partial charge on any atom is -0.395 e. The van der Waals surface area contributed by atoms with Gasteiger partial charge in [0.1, 0.15) is 11.6 Å². The third-order valence-electron chi connectivity index (χ3n) is 1.83. The molecule has 0 saturated heterocycles. The van der Waals surface area contributed by atoms with E-state index in [1.807, 2.05) is 0 Å². The predicted molar refractivity (Wildman–Crippen MR) is 63.2 cm³/mol. The molecular weight excluding hydrogens is 246 g/mol. The minimum atomic E-state index is -0.519. The molecule has 0 rings (SSSR count). The highest BCUT2D eigenvalue weighted by molar-refractivity contribution is 6.18. The average Bonchev–Trinajstić information content (AvgIpc) is 2.33. The van der Waals surface area contributed by atoms with Gasteiger partial charge in [0.15, 0.2) is 0 Å². The Morgan fingerprint density at radius 2 is 2.00 bits per heavy atom. The van der Waals surface area contributed by atoms with Crippen LogP contribution >= 0.6 is 11.6 Å². The molecule has 0 saturated carbocycles. The normalized spacial score (nSPS) is 10.8. The van der Waals surface area contributed by atoms with Crippen molar-refractivity contribution in [1.29, 1.82) is 5.26 Å². The van der Waals surface area contributed by atoms with Gasteiger partial charge in [-0.05, 0) is 0 Å². The van der Waals surface area contributed by atoms with Gasteiger partial charge in [0.05, 0.1) is 13.2 Å². The summed E-state index contributed by atoms with van der Waals surface area (Å²) in [6.45, 7) is 0.513. The smallest absolute Gasteiger partial charge is 0.263 e. The maximum Gasteiger partial charge on any atom is 0.263 e. The predicted octanol–water partition coefficient (Wildman–Crippen LogP) is -0.965. The Labute approximate surface area is 105 Å². The molecule has 0 aliphatic carbocycles. The van der Waals surface area contributed by atoms with Crippen LogP contribution in [-0.4, -0.2) is 59.7 Å². The lowest BCUT2D eigenvalue weighted by molar-refractivity contribution is -0.117. The third kappa shape index (κ3) is 6.79. The van der Waals surface area contributed by atoms with E-state index < -0.39 is 5.91 Å². The summed E-state index contributed by atoms with van der Waals surface area (Å²) in [7, 11) is 0. The van der Waals surface area contributed by atoms with E-state index in [2.05, 4.69) is 5.32 Å². The number of aliphatic hydroxyl groups excluding tert-OH is 2. The molecule has 0 fully saturated rings. The van der Waals surface area contributed by atoms with Crippen molar-refractivity contribution in [2.75, 3.05) is 38.7 Å². The Bertz CT molecular complexity index is 296. The Morgan fingerprint density at radius 1 is 1.41 bits per heavy atom. The maximum atomic E-state index is 11.5. The molecule has 0 heterocycles. The van der Waals surface area contributed by atoms with E-state index in [1.54, 1.807) is 6.07 Å². The number of carbonyl (C=O) groups excluding carboxylic acids is 1. The summed E-state index contributed by atoms with van der Waals surface area (Å²) in [6.07, 6.45) is 1.32. The zero-order chi connectivity index (χ0) is 13.1. The topological polar surface area (TPSA) is 96.6 Å². The number of hydrogen-bond donors (Lipinski definition) is 3. The number of aliphatic hydroxyl groups is 2. The molecular formula is C10H16ClN3O3. The molecule has 0 bridgehead atoms. The fraction of sp³-hybridized carbons (Fsp3) is 0.600. The second kappa shape index (κ2) is 9.90. The highest BCUT2D eigenvalue weighted by Gasteiger charge is 2.10. The van der Waals surface area contributed by atoms with Crippen molar-refractivity contribution in [3.05, 3.63) is 11.8 Å². The van der Waals surface area contributed by atoms with Crippen LogP contribution in [0.5, 0.6) is 0 Å². The molecule has 17 heavy (non-hydrogen) atoms. The summed E-state index contributed by atoms with van der Waals surface area (Å²) < 4.78 is 0. The van der Waals surface area contributed by atoms with Gasteiger partial charge >= 0.3 is 0 Å². The van der Waals surface area contributed by atoms with E-state index >= 15 is 0 Å². The fourth-order valence-corrected chi connectivity index (χ4v) is 1.17. The molecule has 6 nitrogen and oxygen atoms in total. The summed E-state index contributed by atoms with van der Waals surface area (Å²) in [5, 5.41) is 28.8. The minimum absolute atomic E-state index is 0.0861. The molecule has 7 heteroatoms. The van der Waals surface area contributed by atoms with Crippen LogP contribution in [0.25, 0.3) is 0 Å². The van der Waals surface area contributed by atoms with Crippen LogP contribution in [0.2, 0.25) is 0 Å². The number of amides is 1. The van der Waals surface area contributed by atoms with Crippen LogP contribution in [0.1, 0.15) is 0 Å². The number of hydrogen-bond acceptors (Lipinski definition) is 5. The maximum absolute atomic E-state index is 11.5. The zero-order valence-electron chi connectivity index (χ0n) is 9.40. The van der Waals surface area contributed by atoms with Crippen molar-refractivity contribution in [2.24, 2.45) is 0 Å². The Morgan fingerprint density at radius 3 is 2.41 bits per heavy atom. The van der Waals surface area contributed by atoms with Gasteiger partial charge in [0.25, 0.3) is 5.91 Å². The second-order valence-electron chi connectivity index (χ2n) is 3.08. The van der Waals surface area contributed by atoms with Gasteiger partial charge in [-0.1, -0.05) is 0 Å². The first-order valence-electron chi connectivity index (χ1n) is 5.11. The molecule has 0 radical (unpaired) electrons. The lowest BCUT2D eigenvalue weighted by Crippen LogP contribution is -2.30. The average molecular weight is 262 g/mol. The van der Waals surface area contributed by atoms with Crippen LogP contribution < -0.4 is 5.32 Å². The van der Waals surface area contributed by atoms with Crippen molar-refractivity contribution in [2.45, 2.75) is 0 Å². The van der Waals surface area contributed by atoms with Crippen LogP contribution in [0.15, 0.2) is 11.8 Å². The van der Waals surface area contributed by atoms with Crippen molar-refractivity contribution >= 4 is 17.5 Å². The van der Waals surface area contributed by atoms with Gasteiger partial charge in [-0.15, -0.1) is 11.6 Å². The van der Waals surface area contributed by atoms with Crippen molar-refractivity contribution in [1.82, 2.24) is 10.2 Å². The lowest BCUT2D eigenvalue weighted by atomic mass is 10.3. The summed E-state index contributed by atoms with van der Waals surface area (Å²) in [5.74, 6) is -0.254. The molecule has 0 spiro atoms. The highest BCUT2D eigenvalue weighted by Crippen LogP contribution is 1.98. The summed E-state index contributed by atoms with van der Waals surface area (Å²) in [6, 6.07) is 1.76. The number of halogens is 1. The first kappa shape index (κ1) is 15.7. The number of nitriles is 1. The number of rotatable bonds is 8. The quantitative estimate of drug-likeness (QED) is 0.297. The van der Waals surface area contributed by atoms with E-state index in [0.29, 0.717) is 0 Å². The highest BCUT2D eigenvalue weighted by atomic mass is 35.5. The van der Waals surface area contributed by atoms with E-state index in [4.69, 9.17) is 27.1 Å². The Hall–Kier alpha value is -1.29. The Balaban J connectivity index is 4.58. The number of carbonyl (C=O) groups is 1. The molecule has 0 aromatic carbocycles. The zero-order valence-corrected chi connectivity index (χ0v) is 10.2. The second-order valence-corrected chi connectivity index (χ2v) is 3.46. The largest absolute Gasteiger partial charge is 0.395 e. The molecule has 3 N–H and O–H groups in total. The van der Waals surface area contributed by atoms with Crippen LogP contribution in [0.4, 0.5) is 0 Å². The lowest BCUT2D eigenvalue weighted by Gasteiger charge is -2.18. The molecule has 96 valence electrons. The van der Waals surface area contributed by atoms with Gasteiger partial charge in [0.2, 0.25) is 0 Å². The van der Waals surface area contributed by atoms with Crippen LogP contribution in [-0.2, 0) is 4.79 Å². The van der Waals surface area contributed by atoms with Crippen molar-refractivity contribution < 1.29 is 15.0 Å². The fourth-order valence-electron chi connectivity index (χ4n) is 1.07. The summed E-state index contributed by atoms with van der Waals surface area (Å²) in [4.78, 5) is 13.0. The van der Waals surface area contributed by atoms with Gasteiger partial charge < -0.3 is 20.4 Å². The van der Waals surface area contributed by atoms with E-state index in [9.17, 15) is 4.79 Å². The molecule has 0 aliphatic heterocycles. The van der Waals surface area contributed by atoms with Crippen LogP contribution in [0.3, 0.4) is 0 Å². The molecule has 0 aliphatic rings. The molecule has 1 amide bonds. The molecule has 0 aromatic heterocycles. The standard InChI is InChI=1S/C10H16ClN3O3/c11-1-2-13-10(17)9(7-12)8-14(3-5-15)4-6-16/h8,15-16H,1-6H2,(H,13,17)/b9-8-. The van der Waals surface area contributed by atoms with Gasteiger partial charge in [0, 0.05) is 31.7 Å². The molecule has 0 atom stereocenters. The number of nitrogens with zero attached hydrogens (tertiary/aromatic N) is 2. The van der Waals surface area contributed by atoms with Crippen molar-refractivity contribution in [3.63, 3.8) is 0 Å². The summed E-state index contributed by atoms with van der Waals surface area (Å²) in [5.41, 5.74) is -0.0861. The number of nitrogens with one attached hydrogen (secondary N) is 1. The molecule has 0 unspecified atom stereocenters. The monoisotopic (exact) mass is 261 g/mol. The van der Waals surface area contributed by atoms with Gasteiger partial charge in [-0.25, -0.2) is 0 Å². The Kier molecular flexibility index (Phi) is 9.15. The molecule has 0 aromatic rings.